The number of hydrogen-bond donors (Lipinski definition) is 1. The monoisotopic (exact) mass is 377 g/mol. The van der Waals surface area contributed by atoms with E-state index in [0.717, 1.165) is 6.42 Å². The SMILES string of the molecule is CC=C1N(C)C(C)CC1(c1ccccc1)c1ccccc1.[O-][Cl+3]([O-])([O-])O. The second-order valence-electron chi connectivity index (χ2n) is 6.37. The van der Waals surface area contributed by atoms with Crippen molar-refractivity contribution in [2.24, 2.45) is 0 Å². The summed E-state index contributed by atoms with van der Waals surface area (Å²) in [4.78, 5) is 2.43. The molecule has 1 aliphatic heterocycles. The first-order valence-corrected chi connectivity index (χ1v) is 9.60. The minimum atomic E-state index is -4.69. The number of rotatable bonds is 2. The molecule has 3 rings (SSSR count). The predicted octanol–water partition coefficient (Wildman–Crippen LogP) is 0.476. The first-order valence-electron chi connectivity index (χ1n) is 8.34. The van der Waals surface area contributed by atoms with Gasteiger partial charge in [-0.15, -0.1) is 0 Å². The zero-order valence-electron chi connectivity index (χ0n) is 15.1. The van der Waals surface area contributed by atoms with Crippen LogP contribution in [0, 0.1) is 10.2 Å². The van der Waals surface area contributed by atoms with Crippen molar-refractivity contribution in [1.82, 2.24) is 4.90 Å². The van der Waals surface area contributed by atoms with Gasteiger partial charge in [-0.25, -0.2) is 0 Å². The normalized spacial score (nSPS) is 20.7. The van der Waals surface area contributed by atoms with Gasteiger partial charge in [-0.1, -0.05) is 66.7 Å². The highest BCUT2D eigenvalue weighted by atomic mass is 35.7. The van der Waals surface area contributed by atoms with Crippen LogP contribution in [0.2, 0.25) is 0 Å². The van der Waals surface area contributed by atoms with Crippen molar-refractivity contribution in [3.63, 3.8) is 0 Å². The fourth-order valence-electron chi connectivity index (χ4n) is 3.82. The first-order chi connectivity index (χ1) is 12.2. The van der Waals surface area contributed by atoms with Crippen molar-refractivity contribution in [2.45, 2.75) is 31.7 Å². The van der Waals surface area contributed by atoms with Crippen LogP contribution in [0.25, 0.3) is 0 Å². The van der Waals surface area contributed by atoms with Crippen molar-refractivity contribution in [3.8, 4) is 0 Å². The Kier molecular flexibility index (Phi) is 6.44. The molecule has 0 aromatic heterocycles. The van der Waals surface area contributed by atoms with Crippen LogP contribution in [0.1, 0.15) is 31.4 Å². The van der Waals surface area contributed by atoms with Gasteiger partial charge in [0.1, 0.15) is 0 Å². The quantitative estimate of drug-likeness (QED) is 0.821. The lowest BCUT2D eigenvalue weighted by Gasteiger charge is -2.33. The fourth-order valence-corrected chi connectivity index (χ4v) is 3.82. The first kappa shape index (κ1) is 20.4. The van der Waals surface area contributed by atoms with Crippen LogP contribution in [0.5, 0.6) is 0 Å². The molecule has 1 atom stereocenters. The molecule has 0 saturated carbocycles. The molecule has 26 heavy (non-hydrogen) atoms. The molecule has 1 aliphatic rings. The summed E-state index contributed by atoms with van der Waals surface area (Å²) in [6.07, 6.45) is 3.40. The molecule has 6 heteroatoms. The van der Waals surface area contributed by atoms with E-state index < -0.39 is 10.2 Å². The number of benzene rings is 2. The molecule has 1 fully saturated rings. The maximum Gasteiger partial charge on any atom is 0.0777 e. The van der Waals surface area contributed by atoms with Crippen LogP contribution < -0.4 is 14.0 Å². The van der Waals surface area contributed by atoms with Crippen molar-refractivity contribution in [3.05, 3.63) is 83.6 Å². The van der Waals surface area contributed by atoms with E-state index in [9.17, 15) is 0 Å². The number of likely N-dealkylation sites (N-methyl/N-ethyl adjacent to an activating group) is 1. The molecule has 1 heterocycles. The van der Waals surface area contributed by atoms with E-state index in [1.165, 1.54) is 16.8 Å². The van der Waals surface area contributed by atoms with Gasteiger partial charge in [-0.3, -0.25) is 0 Å². The molecule has 1 N–H and O–H groups in total. The van der Waals surface area contributed by atoms with Gasteiger partial charge in [0.2, 0.25) is 0 Å². The van der Waals surface area contributed by atoms with E-state index in [0.29, 0.717) is 6.04 Å². The predicted molar refractivity (Wildman–Crippen MR) is 91.5 cm³/mol. The van der Waals surface area contributed by atoms with Crippen molar-refractivity contribution in [1.29, 1.82) is 0 Å². The zero-order valence-corrected chi connectivity index (χ0v) is 15.9. The summed E-state index contributed by atoms with van der Waals surface area (Å²) in [5.74, 6) is 0. The topological polar surface area (TPSA) is 92.7 Å². The summed E-state index contributed by atoms with van der Waals surface area (Å²) >= 11 is 0. The van der Waals surface area contributed by atoms with Crippen LogP contribution in [-0.4, -0.2) is 22.6 Å². The molecular weight excluding hydrogens is 354 g/mol. The molecule has 2 aromatic rings. The zero-order chi connectivity index (χ0) is 19.4. The summed E-state index contributed by atoms with van der Waals surface area (Å²) in [7, 11) is -2.48. The molecule has 0 bridgehead atoms. The summed E-state index contributed by atoms with van der Waals surface area (Å²) < 4.78 is 32.7. The highest BCUT2D eigenvalue weighted by Gasteiger charge is 2.47. The number of likely N-dealkylation sites (tertiary alicyclic amines) is 1. The van der Waals surface area contributed by atoms with Crippen molar-refractivity contribution >= 4 is 0 Å². The number of hydrogen-bond acceptors (Lipinski definition) is 5. The second kappa shape index (κ2) is 8.20. The Balaban J connectivity index is 0.000000431. The van der Waals surface area contributed by atoms with Gasteiger partial charge in [0.25, 0.3) is 0 Å². The highest BCUT2D eigenvalue weighted by Crippen LogP contribution is 2.49. The lowest BCUT2D eigenvalue weighted by Crippen LogP contribution is -2.58. The summed E-state index contributed by atoms with van der Waals surface area (Å²) in [6, 6.07) is 22.4. The summed E-state index contributed by atoms with van der Waals surface area (Å²) in [5, 5.41) is 0. The number of halogens is 1. The van der Waals surface area contributed by atoms with Gasteiger partial charge >= 0.3 is 0 Å². The van der Waals surface area contributed by atoms with E-state index in [-0.39, 0.29) is 5.41 Å². The van der Waals surface area contributed by atoms with Gasteiger partial charge in [0.05, 0.1) is 20.3 Å². The third-order valence-electron chi connectivity index (χ3n) is 4.89. The van der Waals surface area contributed by atoms with Gasteiger partial charge in [0, 0.05) is 18.8 Å². The fraction of sp³-hybridized carbons (Fsp3) is 0.300. The smallest absolute Gasteiger partial charge is 0.0777 e. The van der Waals surface area contributed by atoms with Gasteiger partial charge < -0.3 is 4.90 Å². The third kappa shape index (κ3) is 4.44. The standard InChI is InChI=1S/C20H23N.ClHO4/c1-4-19-20(15-16(2)21(19)3,17-11-7-5-8-12-17)18-13-9-6-10-14-18;2-1(3,4)5/h4-14,16H,15H2,1-3H3;(H,2,3,4,5). The Morgan fingerprint density at radius 3 is 1.73 bits per heavy atom. The molecule has 1 saturated heterocycles. The Hall–Kier alpha value is -1.89. The van der Waals surface area contributed by atoms with Crippen molar-refractivity contribution < 1.29 is 28.9 Å². The molecule has 0 amide bonds. The maximum atomic E-state index is 8.60. The van der Waals surface area contributed by atoms with Crippen LogP contribution in [0.3, 0.4) is 0 Å². The number of allylic oxidation sites excluding steroid dienone is 2. The molecule has 0 radical (unpaired) electrons. The van der Waals surface area contributed by atoms with E-state index in [1.54, 1.807) is 0 Å². The third-order valence-corrected chi connectivity index (χ3v) is 4.89. The van der Waals surface area contributed by atoms with Crippen molar-refractivity contribution in [2.75, 3.05) is 7.05 Å². The summed E-state index contributed by atoms with van der Waals surface area (Å²) in [5.41, 5.74) is 4.17. The van der Waals surface area contributed by atoms with E-state index in [1.807, 2.05) is 0 Å². The van der Waals surface area contributed by atoms with E-state index in [4.69, 9.17) is 18.6 Å². The van der Waals surface area contributed by atoms with E-state index >= 15 is 0 Å². The highest BCUT2D eigenvalue weighted by molar-refractivity contribution is 5.50. The van der Waals surface area contributed by atoms with Crippen LogP contribution in [-0.2, 0) is 5.41 Å². The Labute approximate surface area is 156 Å². The molecular formula is C20H24ClNO4. The minimum Gasteiger partial charge on any atom is -0.374 e. The molecule has 2 aromatic carbocycles. The van der Waals surface area contributed by atoms with Gasteiger partial charge in [0.15, 0.2) is 0 Å². The molecule has 0 aliphatic carbocycles. The lowest BCUT2D eigenvalue weighted by atomic mass is 9.71. The van der Waals surface area contributed by atoms with Crippen LogP contribution in [0.4, 0.5) is 0 Å². The van der Waals surface area contributed by atoms with E-state index in [2.05, 4.69) is 92.5 Å². The minimum absolute atomic E-state index is 0.0224. The van der Waals surface area contributed by atoms with Crippen LogP contribution >= 0.6 is 0 Å². The second-order valence-corrected chi connectivity index (χ2v) is 7.16. The largest absolute Gasteiger partial charge is 0.374 e. The molecule has 0 spiro atoms. The molecule has 1 unspecified atom stereocenters. The van der Waals surface area contributed by atoms with Gasteiger partial charge in [-0.2, -0.15) is 14.0 Å². The Bertz CT molecular complexity index is 683. The Morgan fingerprint density at radius 1 is 1.00 bits per heavy atom. The Morgan fingerprint density at radius 2 is 1.38 bits per heavy atom. The van der Waals surface area contributed by atoms with Gasteiger partial charge in [-0.05, 0) is 31.4 Å². The molecule has 140 valence electrons. The summed E-state index contributed by atoms with van der Waals surface area (Å²) in [6.45, 7) is 4.47. The average Bonchev–Trinajstić information content (AvgIpc) is 2.87. The van der Waals surface area contributed by atoms with Crippen LogP contribution in [0.15, 0.2) is 72.4 Å². The maximum absolute atomic E-state index is 8.60. The molecule has 5 nitrogen and oxygen atoms in total. The average molecular weight is 378 g/mol. The number of nitrogens with zero attached hydrogens (tertiary/aromatic N) is 1. The lowest BCUT2D eigenvalue weighted by molar-refractivity contribution is -1.92.